The van der Waals surface area contributed by atoms with E-state index in [2.05, 4.69) is 6.92 Å². The maximum absolute atomic E-state index is 12.4. The van der Waals surface area contributed by atoms with Crippen LogP contribution in [0.5, 0.6) is 0 Å². The number of nitro benzene ring substituents is 1. The molecular formula is C13H15ClN2O3. The topological polar surface area (TPSA) is 63.5 Å². The molecule has 1 aromatic rings. The molecule has 0 bridgehead atoms. The smallest absolute Gasteiger partial charge is 0.270 e. The van der Waals surface area contributed by atoms with Crippen LogP contribution in [0.25, 0.3) is 0 Å². The van der Waals surface area contributed by atoms with Gasteiger partial charge in [-0.1, -0.05) is 13.0 Å². The summed E-state index contributed by atoms with van der Waals surface area (Å²) in [7, 11) is 0. The third kappa shape index (κ3) is 2.71. The normalized spacial score (nSPS) is 22.5. The third-order valence-corrected chi connectivity index (χ3v) is 3.92. The Morgan fingerprint density at radius 2 is 2.32 bits per heavy atom. The zero-order valence-corrected chi connectivity index (χ0v) is 11.3. The zero-order valence-electron chi connectivity index (χ0n) is 10.6. The van der Waals surface area contributed by atoms with Gasteiger partial charge < -0.3 is 4.90 Å². The van der Waals surface area contributed by atoms with Crippen LogP contribution in [-0.4, -0.2) is 34.2 Å². The van der Waals surface area contributed by atoms with Crippen molar-refractivity contribution in [3.63, 3.8) is 0 Å². The van der Waals surface area contributed by atoms with Gasteiger partial charge in [0, 0.05) is 36.2 Å². The molecule has 1 fully saturated rings. The number of carbonyl (C=O) groups is 1. The first-order chi connectivity index (χ1) is 9.04. The number of hydrogen-bond donors (Lipinski definition) is 0. The molecule has 0 aliphatic carbocycles. The van der Waals surface area contributed by atoms with Crippen molar-refractivity contribution in [2.75, 3.05) is 12.4 Å². The fourth-order valence-electron chi connectivity index (χ4n) is 2.41. The summed E-state index contributed by atoms with van der Waals surface area (Å²) in [5.41, 5.74) is 0.277. The third-order valence-electron chi connectivity index (χ3n) is 3.61. The summed E-state index contributed by atoms with van der Waals surface area (Å²) in [6.45, 7) is 2.72. The number of halogens is 1. The molecule has 6 heteroatoms. The molecule has 1 amide bonds. The Balaban J connectivity index is 2.24. The number of rotatable bonds is 3. The number of likely N-dealkylation sites (tertiary alicyclic amines) is 1. The summed E-state index contributed by atoms with van der Waals surface area (Å²) in [5.74, 6) is 0.570. The number of benzene rings is 1. The second-order valence-corrected chi connectivity index (χ2v) is 5.10. The molecule has 0 N–H and O–H groups in total. The molecule has 1 heterocycles. The Labute approximate surface area is 116 Å². The minimum Gasteiger partial charge on any atom is -0.334 e. The van der Waals surface area contributed by atoms with E-state index >= 15 is 0 Å². The fourth-order valence-corrected chi connectivity index (χ4v) is 2.88. The molecule has 0 radical (unpaired) electrons. The van der Waals surface area contributed by atoms with Crippen molar-refractivity contribution in [3.8, 4) is 0 Å². The average Bonchev–Trinajstić information content (AvgIpc) is 2.79. The van der Waals surface area contributed by atoms with Gasteiger partial charge in [-0.25, -0.2) is 0 Å². The summed E-state index contributed by atoms with van der Waals surface area (Å²) in [6, 6.07) is 5.83. The predicted molar refractivity (Wildman–Crippen MR) is 72.4 cm³/mol. The molecule has 5 nitrogen and oxygen atoms in total. The number of nitro groups is 1. The highest BCUT2D eigenvalue weighted by Gasteiger charge is 2.34. The van der Waals surface area contributed by atoms with Gasteiger partial charge in [-0.05, 0) is 18.4 Å². The minimum absolute atomic E-state index is 0.00780. The molecule has 2 rings (SSSR count). The highest BCUT2D eigenvalue weighted by Crippen LogP contribution is 2.27. The molecular weight excluding hydrogens is 268 g/mol. The minimum atomic E-state index is -0.498. The standard InChI is InChI=1S/C13H15ClN2O3/c1-9-5-6-15(12(9)8-14)13(17)10-3-2-4-11(7-10)16(18)19/h2-4,7,9,12H,5-6,8H2,1H3. The lowest BCUT2D eigenvalue weighted by atomic mass is 10.0. The molecule has 1 saturated heterocycles. The van der Waals surface area contributed by atoms with Crippen LogP contribution in [0, 0.1) is 16.0 Å². The molecule has 2 atom stereocenters. The van der Waals surface area contributed by atoms with Crippen LogP contribution in [0.3, 0.4) is 0 Å². The fraction of sp³-hybridized carbons (Fsp3) is 0.462. The number of carbonyl (C=O) groups excluding carboxylic acids is 1. The second-order valence-electron chi connectivity index (χ2n) is 4.79. The van der Waals surface area contributed by atoms with E-state index in [9.17, 15) is 14.9 Å². The van der Waals surface area contributed by atoms with Gasteiger partial charge in [0.25, 0.3) is 11.6 Å². The molecule has 2 unspecified atom stereocenters. The van der Waals surface area contributed by atoms with Crippen LogP contribution >= 0.6 is 11.6 Å². The Kier molecular flexibility index (Phi) is 4.04. The average molecular weight is 283 g/mol. The van der Waals surface area contributed by atoms with E-state index in [0.29, 0.717) is 23.9 Å². The quantitative estimate of drug-likeness (QED) is 0.486. The summed E-state index contributed by atoms with van der Waals surface area (Å²) in [6.07, 6.45) is 0.915. The molecule has 0 spiro atoms. The van der Waals surface area contributed by atoms with Gasteiger partial charge in [0.2, 0.25) is 0 Å². The summed E-state index contributed by atoms with van der Waals surface area (Å²) in [5, 5.41) is 10.7. The van der Waals surface area contributed by atoms with Gasteiger partial charge in [-0.15, -0.1) is 11.6 Å². The van der Waals surface area contributed by atoms with Crippen molar-refractivity contribution in [1.29, 1.82) is 0 Å². The van der Waals surface area contributed by atoms with Crippen LogP contribution < -0.4 is 0 Å². The first kappa shape index (κ1) is 13.8. The Bertz CT molecular complexity index is 506. The van der Waals surface area contributed by atoms with Gasteiger partial charge >= 0.3 is 0 Å². The van der Waals surface area contributed by atoms with Crippen LogP contribution in [-0.2, 0) is 0 Å². The maximum Gasteiger partial charge on any atom is 0.270 e. The first-order valence-electron chi connectivity index (χ1n) is 6.16. The molecule has 19 heavy (non-hydrogen) atoms. The van der Waals surface area contributed by atoms with E-state index in [1.54, 1.807) is 11.0 Å². The van der Waals surface area contributed by atoms with Crippen molar-refractivity contribution in [1.82, 2.24) is 4.90 Å². The van der Waals surface area contributed by atoms with E-state index in [0.717, 1.165) is 6.42 Å². The van der Waals surface area contributed by atoms with Gasteiger partial charge in [0.15, 0.2) is 0 Å². The van der Waals surface area contributed by atoms with Crippen LogP contribution in [0.4, 0.5) is 5.69 Å². The van der Waals surface area contributed by atoms with E-state index in [1.165, 1.54) is 18.2 Å². The van der Waals surface area contributed by atoms with Crippen molar-refractivity contribution >= 4 is 23.2 Å². The largest absolute Gasteiger partial charge is 0.334 e. The van der Waals surface area contributed by atoms with Gasteiger partial charge in [0.05, 0.1) is 4.92 Å². The number of non-ortho nitro benzene ring substituents is 1. The lowest BCUT2D eigenvalue weighted by molar-refractivity contribution is -0.384. The number of amides is 1. The van der Waals surface area contributed by atoms with Crippen molar-refractivity contribution < 1.29 is 9.72 Å². The zero-order chi connectivity index (χ0) is 14.0. The van der Waals surface area contributed by atoms with Crippen LogP contribution in [0.15, 0.2) is 24.3 Å². The van der Waals surface area contributed by atoms with Crippen LogP contribution in [0.1, 0.15) is 23.7 Å². The number of nitrogens with zero attached hydrogens (tertiary/aromatic N) is 2. The predicted octanol–water partition coefficient (Wildman–Crippen LogP) is 2.68. The van der Waals surface area contributed by atoms with E-state index in [-0.39, 0.29) is 17.6 Å². The summed E-state index contributed by atoms with van der Waals surface area (Å²) < 4.78 is 0. The molecule has 102 valence electrons. The van der Waals surface area contributed by atoms with Gasteiger partial charge in [0.1, 0.15) is 0 Å². The second kappa shape index (κ2) is 5.57. The van der Waals surface area contributed by atoms with E-state index < -0.39 is 4.92 Å². The summed E-state index contributed by atoms with van der Waals surface area (Å²) >= 11 is 5.91. The molecule has 1 aromatic carbocycles. The highest BCUT2D eigenvalue weighted by molar-refractivity contribution is 6.18. The Morgan fingerprint density at radius 1 is 1.58 bits per heavy atom. The highest BCUT2D eigenvalue weighted by atomic mass is 35.5. The first-order valence-corrected chi connectivity index (χ1v) is 6.69. The SMILES string of the molecule is CC1CCN(C(=O)c2cccc([N+](=O)[O-])c2)C1CCl. The molecule has 1 aliphatic heterocycles. The van der Waals surface area contributed by atoms with Gasteiger partial charge in [-0.3, -0.25) is 14.9 Å². The molecule has 1 aliphatic rings. The van der Waals surface area contributed by atoms with E-state index in [4.69, 9.17) is 11.6 Å². The number of alkyl halides is 1. The maximum atomic E-state index is 12.4. The van der Waals surface area contributed by atoms with Gasteiger partial charge in [-0.2, -0.15) is 0 Å². The number of hydrogen-bond acceptors (Lipinski definition) is 3. The van der Waals surface area contributed by atoms with Crippen LogP contribution in [0.2, 0.25) is 0 Å². The lowest BCUT2D eigenvalue weighted by Crippen LogP contribution is -2.38. The lowest BCUT2D eigenvalue weighted by Gasteiger charge is -2.25. The van der Waals surface area contributed by atoms with Crippen molar-refractivity contribution in [2.24, 2.45) is 5.92 Å². The summed E-state index contributed by atoms with van der Waals surface area (Å²) in [4.78, 5) is 24.3. The molecule has 0 aromatic heterocycles. The van der Waals surface area contributed by atoms with E-state index in [1.807, 2.05) is 0 Å². The monoisotopic (exact) mass is 282 g/mol. The van der Waals surface area contributed by atoms with Crippen molar-refractivity contribution in [3.05, 3.63) is 39.9 Å². The Morgan fingerprint density at radius 3 is 2.95 bits per heavy atom. The molecule has 0 saturated carbocycles. The van der Waals surface area contributed by atoms with Crippen molar-refractivity contribution in [2.45, 2.75) is 19.4 Å². The Hall–Kier alpha value is -1.62.